The molecule has 0 atom stereocenters. The molecule has 1 aliphatic heterocycles. The molecule has 1 heterocycles. The van der Waals surface area contributed by atoms with Crippen LogP contribution in [0.25, 0.3) is 0 Å². The lowest BCUT2D eigenvalue weighted by Crippen LogP contribution is -2.37. The molecule has 0 saturated carbocycles. The number of sulfonamides is 2. The molecule has 7 nitrogen and oxygen atoms in total. The van der Waals surface area contributed by atoms with Crippen LogP contribution in [-0.4, -0.2) is 42.8 Å². The number of hydrogen-bond acceptors (Lipinski definition) is 5. The lowest BCUT2D eigenvalue weighted by atomic mass is 10.1. The van der Waals surface area contributed by atoms with E-state index >= 15 is 0 Å². The van der Waals surface area contributed by atoms with E-state index in [1.807, 2.05) is 24.3 Å². The third-order valence-electron chi connectivity index (χ3n) is 4.65. The summed E-state index contributed by atoms with van der Waals surface area (Å²) in [6.07, 6.45) is 2.00. The summed E-state index contributed by atoms with van der Waals surface area (Å²) in [7, 11) is -5.39. The fraction of sp³-hybridized carbons (Fsp3) is 0.368. The van der Waals surface area contributed by atoms with Crippen molar-refractivity contribution in [3.63, 3.8) is 0 Å². The van der Waals surface area contributed by atoms with Gasteiger partial charge in [-0.3, -0.25) is 4.31 Å². The van der Waals surface area contributed by atoms with Gasteiger partial charge in [0, 0.05) is 13.1 Å². The van der Waals surface area contributed by atoms with Gasteiger partial charge in [0.15, 0.2) is 0 Å². The van der Waals surface area contributed by atoms with Crippen LogP contribution in [0.5, 0.6) is 5.75 Å². The summed E-state index contributed by atoms with van der Waals surface area (Å²) in [6, 6.07) is 13.4. The van der Waals surface area contributed by atoms with Gasteiger partial charge in [-0.15, -0.1) is 0 Å². The van der Waals surface area contributed by atoms with Crippen LogP contribution in [0.4, 0.5) is 5.69 Å². The number of anilines is 1. The molecule has 2 aromatic rings. The fourth-order valence-corrected chi connectivity index (χ4v) is 5.75. The van der Waals surface area contributed by atoms with Crippen LogP contribution in [0.1, 0.15) is 18.4 Å². The highest BCUT2D eigenvalue weighted by Gasteiger charge is 2.26. The van der Waals surface area contributed by atoms with Crippen LogP contribution in [-0.2, 0) is 26.5 Å². The Labute approximate surface area is 166 Å². The van der Waals surface area contributed by atoms with E-state index in [4.69, 9.17) is 4.74 Å². The van der Waals surface area contributed by atoms with Crippen LogP contribution in [0.2, 0.25) is 0 Å². The van der Waals surface area contributed by atoms with Crippen LogP contribution >= 0.6 is 0 Å². The molecule has 1 saturated heterocycles. The van der Waals surface area contributed by atoms with Crippen molar-refractivity contribution in [3.8, 4) is 5.75 Å². The zero-order valence-electron chi connectivity index (χ0n) is 15.7. The van der Waals surface area contributed by atoms with Gasteiger partial charge in [0.25, 0.3) is 0 Å². The molecule has 0 amide bonds. The minimum atomic E-state index is -3.66. The van der Waals surface area contributed by atoms with Crippen molar-refractivity contribution in [1.82, 2.24) is 4.72 Å². The van der Waals surface area contributed by atoms with E-state index in [2.05, 4.69) is 4.72 Å². The van der Waals surface area contributed by atoms with E-state index in [0.29, 0.717) is 25.1 Å². The molecule has 0 bridgehead atoms. The van der Waals surface area contributed by atoms with Gasteiger partial charge >= 0.3 is 0 Å². The Bertz CT molecular complexity index is 1000. The minimum absolute atomic E-state index is 0.111. The van der Waals surface area contributed by atoms with Gasteiger partial charge < -0.3 is 4.74 Å². The highest BCUT2D eigenvalue weighted by molar-refractivity contribution is 7.92. The van der Waals surface area contributed by atoms with Crippen LogP contribution in [0, 0.1) is 0 Å². The number of rotatable bonds is 7. The second kappa shape index (κ2) is 8.50. The molecule has 1 aliphatic rings. The van der Waals surface area contributed by atoms with Crippen LogP contribution < -0.4 is 13.8 Å². The first-order valence-corrected chi connectivity index (χ1v) is 12.1. The summed E-state index contributed by atoms with van der Waals surface area (Å²) in [5.41, 5.74) is 1.49. The predicted octanol–water partition coefficient (Wildman–Crippen LogP) is 2.15. The van der Waals surface area contributed by atoms with Gasteiger partial charge in [-0.05, 0) is 61.2 Å². The molecule has 0 aromatic heterocycles. The number of nitrogens with one attached hydrogen (secondary N) is 1. The second-order valence-corrected chi connectivity index (χ2v) is 10.4. The van der Waals surface area contributed by atoms with Crippen molar-refractivity contribution in [2.75, 3.05) is 30.3 Å². The van der Waals surface area contributed by atoms with Crippen molar-refractivity contribution in [2.45, 2.75) is 24.2 Å². The maximum Gasteiger partial charge on any atom is 0.240 e. The van der Waals surface area contributed by atoms with E-state index < -0.39 is 20.0 Å². The maximum atomic E-state index is 12.5. The molecule has 152 valence electrons. The summed E-state index contributed by atoms with van der Waals surface area (Å²) in [5.74, 6) is 0.875. The third-order valence-corrected chi connectivity index (χ3v) is 8.00. The van der Waals surface area contributed by atoms with Gasteiger partial charge in [0.1, 0.15) is 5.75 Å². The molecule has 2 aromatic carbocycles. The Kier molecular flexibility index (Phi) is 6.26. The van der Waals surface area contributed by atoms with E-state index in [-0.39, 0.29) is 17.2 Å². The standard InChI is InChI=1S/C19H24N2O5S2/c1-26-18-8-4-16(5-9-18)12-13-20-28(24,25)19-10-6-17(7-11-19)21-14-2-3-15-27(21,22)23/h4-11,20H,2-3,12-15H2,1H3. The highest BCUT2D eigenvalue weighted by atomic mass is 32.2. The Morgan fingerprint density at radius 2 is 1.71 bits per heavy atom. The van der Waals surface area contributed by atoms with Crippen molar-refractivity contribution in [3.05, 3.63) is 54.1 Å². The zero-order chi connectivity index (χ0) is 20.2. The van der Waals surface area contributed by atoms with Crippen molar-refractivity contribution in [2.24, 2.45) is 0 Å². The molecule has 1 fully saturated rings. The van der Waals surface area contributed by atoms with E-state index in [1.54, 1.807) is 19.2 Å². The Hall–Kier alpha value is -2.10. The number of ether oxygens (including phenoxy) is 1. The molecule has 28 heavy (non-hydrogen) atoms. The van der Waals surface area contributed by atoms with Crippen molar-refractivity contribution < 1.29 is 21.6 Å². The normalized spacial score (nSPS) is 16.7. The molecular weight excluding hydrogens is 400 g/mol. The van der Waals surface area contributed by atoms with Gasteiger partial charge in [-0.2, -0.15) is 0 Å². The van der Waals surface area contributed by atoms with E-state index in [0.717, 1.165) is 17.7 Å². The molecule has 0 unspecified atom stereocenters. The minimum Gasteiger partial charge on any atom is -0.497 e. The van der Waals surface area contributed by atoms with Crippen molar-refractivity contribution >= 4 is 25.7 Å². The summed E-state index contributed by atoms with van der Waals surface area (Å²) in [6.45, 7) is 0.686. The smallest absolute Gasteiger partial charge is 0.240 e. The first-order valence-electron chi connectivity index (χ1n) is 9.05. The molecule has 3 rings (SSSR count). The number of nitrogens with zero attached hydrogens (tertiary/aromatic N) is 1. The second-order valence-electron chi connectivity index (χ2n) is 6.59. The summed E-state index contributed by atoms with van der Waals surface area (Å²) < 4.78 is 58.3. The van der Waals surface area contributed by atoms with Gasteiger partial charge in [-0.1, -0.05) is 12.1 Å². The Morgan fingerprint density at radius 3 is 2.32 bits per heavy atom. The highest BCUT2D eigenvalue weighted by Crippen LogP contribution is 2.24. The molecule has 0 aliphatic carbocycles. The van der Waals surface area contributed by atoms with Gasteiger partial charge in [-0.25, -0.2) is 21.6 Å². The molecule has 0 spiro atoms. The Balaban J connectivity index is 1.63. The first-order chi connectivity index (χ1) is 13.3. The van der Waals surface area contributed by atoms with Crippen molar-refractivity contribution in [1.29, 1.82) is 0 Å². The largest absolute Gasteiger partial charge is 0.497 e. The lowest BCUT2D eigenvalue weighted by Gasteiger charge is -2.28. The van der Waals surface area contributed by atoms with E-state index in [9.17, 15) is 16.8 Å². The molecular formula is C19H24N2O5S2. The van der Waals surface area contributed by atoms with Crippen LogP contribution in [0.15, 0.2) is 53.4 Å². The lowest BCUT2D eigenvalue weighted by molar-refractivity contribution is 0.414. The van der Waals surface area contributed by atoms with Gasteiger partial charge in [0.05, 0.1) is 23.4 Å². The quantitative estimate of drug-likeness (QED) is 0.735. The molecule has 1 N–H and O–H groups in total. The van der Waals surface area contributed by atoms with E-state index in [1.165, 1.54) is 16.4 Å². The summed E-state index contributed by atoms with van der Waals surface area (Å²) in [5, 5.41) is 0. The number of hydrogen-bond donors (Lipinski definition) is 1. The Morgan fingerprint density at radius 1 is 1.04 bits per heavy atom. The summed E-state index contributed by atoms with van der Waals surface area (Å²) >= 11 is 0. The SMILES string of the molecule is COc1ccc(CCNS(=O)(=O)c2ccc(N3CCCCS3(=O)=O)cc2)cc1. The average molecular weight is 425 g/mol. The monoisotopic (exact) mass is 424 g/mol. The molecule has 9 heteroatoms. The number of benzene rings is 2. The molecule has 0 radical (unpaired) electrons. The maximum absolute atomic E-state index is 12.5. The third kappa shape index (κ3) is 4.84. The van der Waals surface area contributed by atoms with Gasteiger partial charge in [0.2, 0.25) is 20.0 Å². The van der Waals surface area contributed by atoms with Crippen LogP contribution in [0.3, 0.4) is 0 Å². The summed E-state index contributed by atoms with van der Waals surface area (Å²) in [4.78, 5) is 0.111. The fourth-order valence-electron chi connectivity index (χ4n) is 3.08. The number of methoxy groups -OCH3 is 1. The first kappa shape index (κ1) is 20.6. The topological polar surface area (TPSA) is 92.8 Å². The predicted molar refractivity (Wildman–Crippen MR) is 109 cm³/mol. The zero-order valence-corrected chi connectivity index (χ0v) is 17.3. The average Bonchev–Trinajstić information content (AvgIpc) is 2.68.